The second-order valence-electron chi connectivity index (χ2n) is 5.00. The van der Waals surface area contributed by atoms with Crippen LogP contribution in [0, 0.1) is 0 Å². The number of thiophene rings is 1. The van der Waals surface area contributed by atoms with Gasteiger partial charge in [0.1, 0.15) is 0 Å². The van der Waals surface area contributed by atoms with Crippen LogP contribution in [0.5, 0.6) is 0 Å². The first-order valence-corrected chi connectivity index (χ1v) is 7.79. The van der Waals surface area contributed by atoms with Crippen molar-refractivity contribution in [2.45, 2.75) is 0 Å². The van der Waals surface area contributed by atoms with E-state index in [4.69, 9.17) is 9.47 Å². The summed E-state index contributed by atoms with van der Waals surface area (Å²) in [5, 5.41) is 2.86. The Balaban J connectivity index is 2.45. The fourth-order valence-corrected chi connectivity index (χ4v) is 3.45. The van der Waals surface area contributed by atoms with Gasteiger partial charge in [0, 0.05) is 29.1 Å². The number of fused-ring (bicyclic) bond motifs is 1. The summed E-state index contributed by atoms with van der Waals surface area (Å²) in [4.78, 5) is 25.5. The summed E-state index contributed by atoms with van der Waals surface area (Å²) in [7, 11) is 4.42. The third-order valence-electron chi connectivity index (χ3n) is 3.74. The van der Waals surface area contributed by atoms with E-state index in [1.807, 2.05) is 41.4 Å². The first-order valence-electron chi connectivity index (χ1n) is 6.91. The molecule has 0 atom stereocenters. The van der Waals surface area contributed by atoms with Gasteiger partial charge in [0.05, 0.1) is 30.9 Å². The highest BCUT2D eigenvalue weighted by Gasteiger charge is 2.26. The van der Waals surface area contributed by atoms with Crippen molar-refractivity contribution in [1.82, 2.24) is 4.57 Å². The number of rotatable bonds is 3. The van der Waals surface area contributed by atoms with Gasteiger partial charge in [-0.2, -0.15) is 0 Å². The maximum absolute atomic E-state index is 12.3. The number of aryl methyl sites for hydroxylation is 1. The summed E-state index contributed by atoms with van der Waals surface area (Å²) in [5.74, 6) is -1.12. The van der Waals surface area contributed by atoms with Crippen molar-refractivity contribution in [3.8, 4) is 10.4 Å². The second kappa shape index (κ2) is 5.89. The van der Waals surface area contributed by atoms with Crippen LogP contribution in [0.15, 0.2) is 35.8 Å². The lowest BCUT2D eigenvalue weighted by Gasteiger charge is -2.12. The Morgan fingerprint density at radius 2 is 1.87 bits per heavy atom. The molecular weight excluding hydrogens is 314 g/mol. The Kier molecular flexibility index (Phi) is 3.92. The van der Waals surface area contributed by atoms with Crippen molar-refractivity contribution in [2.24, 2.45) is 7.05 Å². The molecule has 0 saturated heterocycles. The molecule has 2 aromatic heterocycles. The van der Waals surface area contributed by atoms with Crippen molar-refractivity contribution in [3.05, 3.63) is 47.0 Å². The summed E-state index contributed by atoms with van der Waals surface area (Å²) in [6.07, 6.45) is 1.86. The zero-order valence-electron chi connectivity index (χ0n) is 13.0. The number of ether oxygens (including phenoxy) is 2. The summed E-state index contributed by atoms with van der Waals surface area (Å²) < 4.78 is 11.5. The lowest BCUT2D eigenvalue weighted by atomic mass is 9.98. The smallest absolute Gasteiger partial charge is 0.340 e. The number of aromatic nitrogens is 1. The minimum atomic E-state index is -0.564. The first kappa shape index (κ1) is 15.3. The molecule has 0 spiro atoms. The van der Waals surface area contributed by atoms with E-state index in [1.165, 1.54) is 14.2 Å². The summed E-state index contributed by atoms with van der Waals surface area (Å²) in [5.41, 5.74) is 1.98. The quantitative estimate of drug-likeness (QED) is 0.690. The summed E-state index contributed by atoms with van der Waals surface area (Å²) in [6, 6.07) is 7.55. The van der Waals surface area contributed by atoms with Gasteiger partial charge in [-0.1, -0.05) is 6.07 Å². The molecule has 0 N–H and O–H groups in total. The fraction of sp³-hybridized carbons (Fsp3) is 0.176. The number of benzene rings is 1. The molecule has 118 valence electrons. The minimum absolute atomic E-state index is 0.206. The van der Waals surface area contributed by atoms with Crippen LogP contribution in [0.3, 0.4) is 0 Å². The van der Waals surface area contributed by atoms with E-state index < -0.39 is 11.9 Å². The van der Waals surface area contributed by atoms with Crippen molar-refractivity contribution >= 4 is 34.2 Å². The van der Waals surface area contributed by atoms with Gasteiger partial charge in [0.15, 0.2) is 0 Å². The Labute approximate surface area is 137 Å². The van der Waals surface area contributed by atoms with E-state index >= 15 is 0 Å². The second-order valence-corrected chi connectivity index (χ2v) is 5.94. The van der Waals surface area contributed by atoms with Gasteiger partial charge in [0.25, 0.3) is 0 Å². The largest absolute Gasteiger partial charge is 0.465 e. The number of esters is 2. The van der Waals surface area contributed by atoms with Gasteiger partial charge in [-0.05, 0) is 23.6 Å². The van der Waals surface area contributed by atoms with Gasteiger partial charge >= 0.3 is 11.9 Å². The van der Waals surface area contributed by atoms with Gasteiger partial charge in [-0.25, -0.2) is 9.59 Å². The number of hydrogen-bond donors (Lipinski definition) is 0. The zero-order chi connectivity index (χ0) is 16.6. The maximum Gasteiger partial charge on any atom is 0.340 e. The Hall–Kier alpha value is -2.60. The predicted octanol–water partition coefficient (Wildman–Crippen LogP) is 3.48. The molecule has 0 aliphatic heterocycles. The topological polar surface area (TPSA) is 57.5 Å². The number of carbonyl (C=O) groups is 2. The molecule has 3 rings (SSSR count). The van der Waals surface area contributed by atoms with Crippen molar-refractivity contribution in [3.63, 3.8) is 0 Å². The third-order valence-corrected chi connectivity index (χ3v) is 4.64. The van der Waals surface area contributed by atoms with Crippen molar-refractivity contribution < 1.29 is 19.1 Å². The lowest BCUT2D eigenvalue weighted by molar-refractivity contribution is 0.0557. The Morgan fingerprint density at radius 1 is 1.13 bits per heavy atom. The normalized spacial score (nSPS) is 10.7. The highest BCUT2D eigenvalue weighted by Crippen LogP contribution is 2.36. The third kappa shape index (κ3) is 2.41. The Bertz CT molecular complexity index is 893. The molecular formula is C17H15NO4S. The van der Waals surface area contributed by atoms with E-state index in [1.54, 1.807) is 17.4 Å². The van der Waals surface area contributed by atoms with Gasteiger partial charge < -0.3 is 14.0 Å². The monoisotopic (exact) mass is 329 g/mol. The fourth-order valence-electron chi connectivity index (χ4n) is 2.70. The van der Waals surface area contributed by atoms with Crippen LogP contribution in [-0.2, 0) is 16.5 Å². The van der Waals surface area contributed by atoms with Crippen LogP contribution < -0.4 is 0 Å². The molecule has 0 amide bonds. The molecule has 0 radical (unpaired) electrons. The van der Waals surface area contributed by atoms with Crippen LogP contribution >= 0.6 is 11.3 Å². The number of nitrogens with zero attached hydrogens (tertiary/aromatic N) is 1. The van der Waals surface area contributed by atoms with Crippen molar-refractivity contribution in [2.75, 3.05) is 14.2 Å². The van der Waals surface area contributed by atoms with Gasteiger partial charge in [0.2, 0.25) is 0 Å². The lowest BCUT2D eigenvalue weighted by Crippen LogP contribution is -2.14. The van der Waals surface area contributed by atoms with Gasteiger partial charge in [-0.3, -0.25) is 0 Å². The van der Waals surface area contributed by atoms with E-state index in [0.29, 0.717) is 5.52 Å². The molecule has 23 heavy (non-hydrogen) atoms. The van der Waals surface area contributed by atoms with Crippen LogP contribution in [0.4, 0.5) is 0 Å². The molecule has 1 aromatic carbocycles. The standard InChI is InChI=1S/C17H15NO4S/c1-18-7-6-10-11(13-5-4-8-23-13)9-12(16(19)21-2)14(15(10)18)17(20)22-3/h4-9H,1-3H3. The van der Waals surface area contributed by atoms with Crippen molar-refractivity contribution in [1.29, 1.82) is 0 Å². The SMILES string of the molecule is COC(=O)c1cc(-c2cccs2)c2ccn(C)c2c1C(=O)OC. The molecule has 0 aliphatic rings. The van der Waals surface area contributed by atoms with Crippen LogP contribution in [0.2, 0.25) is 0 Å². The highest BCUT2D eigenvalue weighted by molar-refractivity contribution is 7.13. The maximum atomic E-state index is 12.3. The molecule has 0 bridgehead atoms. The zero-order valence-corrected chi connectivity index (χ0v) is 13.8. The Morgan fingerprint density at radius 3 is 2.48 bits per heavy atom. The number of hydrogen-bond acceptors (Lipinski definition) is 5. The van der Waals surface area contributed by atoms with Crippen LogP contribution in [-0.4, -0.2) is 30.7 Å². The molecule has 5 nitrogen and oxygen atoms in total. The van der Waals surface area contributed by atoms with Crippen LogP contribution in [0.25, 0.3) is 21.3 Å². The predicted molar refractivity (Wildman–Crippen MR) is 88.9 cm³/mol. The molecule has 0 aliphatic carbocycles. The van der Waals surface area contributed by atoms with Crippen LogP contribution in [0.1, 0.15) is 20.7 Å². The summed E-state index contributed by atoms with van der Waals surface area (Å²) in [6.45, 7) is 0. The average molecular weight is 329 g/mol. The molecule has 3 aromatic rings. The molecule has 0 fully saturated rings. The molecule has 0 unspecified atom stereocenters. The average Bonchev–Trinajstić information content (AvgIpc) is 3.22. The molecule has 2 heterocycles. The van der Waals surface area contributed by atoms with E-state index in [0.717, 1.165) is 15.8 Å². The number of methoxy groups -OCH3 is 2. The van der Waals surface area contributed by atoms with E-state index in [-0.39, 0.29) is 11.1 Å². The molecule has 6 heteroatoms. The highest BCUT2D eigenvalue weighted by atomic mass is 32.1. The first-order chi connectivity index (χ1) is 11.1. The number of carbonyl (C=O) groups excluding carboxylic acids is 2. The minimum Gasteiger partial charge on any atom is -0.465 e. The van der Waals surface area contributed by atoms with E-state index in [9.17, 15) is 9.59 Å². The molecule has 0 saturated carbocycles. The van der Waals surface area contributed by atoms with Gasteiger partial charge in [-0.15, -0.1) is 11.3 Å². The summed E-state index contributed by atoms with van der Waals surface area (Å²) >= 11 is 1.57. The van der Waals surface area contributed by atoms with E-state index in [2.05, 4.69) is 0 Å².